The maximum absolute atomic E-state index is 11.6. The number of hydrogen-bond acceptors (Lipinski definition) is 6. The van der Waals surface area contributed by atoms with E-state index >= 15 is 0 Å². The summed E-state index contributed by atoms with van der Waals surface area (Å²) in [4.78, 5) is 8.67. The third-order valence-corrected chi connectivity index (χ3v) is 4.76. The van der Waals surface area contributed by atoms with Gasteiger partial charge in [-0.15, -0.1) is 0 Å². The van der Waals surface area contributed by atoms with Crippen molar-refractivity contribution >= 4 is 27.3 Å². The fourth-order valence-electron chi connectivity index (χ4n) is 2.16. The van der Waals surface area contributed by atoms with Gasteiger partial charge in [0.15, 0.2) is 0 Å². The second kappa shape index (κ2) is 6.89. The molecule has 0 atom stereocenters. The van der Waals surface area contributed by atoms with Crippen LogP contribution >= 0.6 is 0 Å². The van der Waals surface area contributed by atoms with E-state index in [1.54, 1.807) is 42.2 Å². The molecular formula is C16H18N6O2S. The third-order valence-electron chi connectivity index (χ3n) is 3.45. The van der Waals surface area contributed by atoms with Crippen molar-refractivity contribution in [3.05, 3.63) is 48.9 Å². The van der Waals surface area contributed by atoms with Crippen LogP contribution in [0.2, 0.25) is 0 Å². The van der Waals surface area contributed by atoms with Gasteiger partial charge in [0.1, 0.15) is 0 Å². The van der Waals surface area contributed by atoms with Gasteiger partial charge >= 0.3 is 0 Å². The van der Waals surface area contributed by atoms with Gasteiger partial charge in [-0.2, -0.15) is 5.10 Å². The minimum absolute atomic E-state index is 0.0318. The number of aromatic nitrogens is 4. The number of benzene rings is 1. The van der Waals surface area contributed by atoms with E-state index in [1.165, 1.54) is 0 Å². The highest BCUT2D eigenvalue weighted by Crippen LogP contribution is 2.21. The van der Waals surface area contributed by atoms with E-state index in [4.69, 9.17) is 0 Å². The van der Waals surface area contributed by atoms with Gasteiger partial charge in [0.25, 0.3) is 0 Å². The van der Waals surface area contributed by atoms with E-state index in [9.17, 15) is 8.42 Å². The zero-order chi connectivity index (χ0) is 17.9. The molecule has 3 aromatic rings. The number of hydrogen-bond donors (Lipinski definition) is 2. The first-order valence-electron chi connectivity index (χ1n) is 7.65. The summed E-state index contributed by atoms with van der Waals surface area (Å²) in [5.41, 5.74) is 2.90. The molecule has 0 fully saturated rings. The number of anilines is 3. The number of rotatable bonds is 6. The third kappa shape index (κ3) is 4.32. The quantitative estimate of drug-likeness (QED) is 0.701. The van der Waals surface area contributed by atoms with Crippen LogP contribution in [0, 0.1) is 0 Å². The van der Waals surface area contributed by atoms with Crippen LogP contribution in [0.25, 0.3) is 11.3 Å². The summed E-state index contributed by atoms with van der Waals surface area (Å²) in [5.74, 6) is 0.491. The lowest BCUT2D eigenvalue weighted by Gasteiger charge is -2.08. The molecule has 2 heterocycles. The summed E-state index contributed by atoms with van der Waals surface area (Å²) in [7, 11) is -1.45. The zero-order valence-electron chi connectivity index (χ0n) is 13.8. The molecule has 3 rings (SSSR count). The van der Waals surface area contributed by atoms with Gasteiger partial charge in [0.2, 0.25) is 16.0 Å². The SMILES string of the molecule is CCS(=O)(=O)Nc1ccc(-c2ccnc(Nc3cnn(C)c3)n2)cc1. The molecule has 2 N–H and O–H groups in total. The number of nitrogens with one attached hydrogen (secondary N) is 2. The normalized spacial score (nSPS) is 11.3. The first-order valence-corrected chi connectivity index (χ1v) is 9.30. The smallest absolute Gasteiger partial charge is 0.232 e. The Morgan fingerprint density at radius 1 is 1.12 bits per heavy atom. The molecule has 0 aliphatic heterocycles. The topological polar surface area (TPSA) is 102 Å². The molecular weight excluding hydrogens is 340 g/mol. The second-order valence-corrected chi connectivity index (χ2v) is 7.39. The van der Waals surface area contributed by atoms with Crippen molar-refractivity contribution in [2.75, 3.05) is 15.8 Å². The predicted molar refractivity (Wildman–Crippen MR) is 97.0 cm³/mol. The molecule has 25 heavy (non-hydrogen) atoms. The summed E-state index contributed by atoms with van der Waals surface area (Å²) in [5, 5.41) is 7.17. The number of nitrogens with zero attached hydrogens (tertiary/aromatic N) is 4. The Kier molecular flexibility index (Phi) is 4.66. The maximum atomic E-state index is 11.6. The molecule has 130 valence electrons. The monoisotopic (exact) mass is 358 g/mol. The summed E-state index contributed by atoms with van der Waals surface area (Å²) < 4.78 is 27.4. The Labute approximate surface area is 146 Å². The van der Waals surface area contributed by atoms with Crippen LogP contribution in [0.4, 0.5) is 17.3 Å². The Morgan fingerprint density at radius 2 is 1.88 bits per heavy atom. The van der Waals surface area contributed by atoms with Crippen molar-refractivity contribution in [2.45, 2.75) is 6.92 Å². The van der Waals surface area contributed by atoms with Crippen LogP contribution in [0.5, 0.6) is 0 Å². The van der Waals surface area contributed by atoms with Crippen molar-refractivity contribution in [2.24, 2.45) is 7.05 Å². The first kappa shape index (κ1) is 16.9. The van der Waals surface area contributed by atoms with Gasteiger partial charge < -0.3 is 5.32 Å². The standard InChI is InChI=1S/C16H18N6O2S/c1-3-25(23,24)21-13-6-4-12(5-7-13)15-8-9-17-16(20-15)19-14-10-18-22(2)11-14/h4-11,21H,3H2,1-2H3,(H,17,19,20). The molecule has 0 aliphatic carbocycles. The van der Waals surface area contributed by atoms with E-state index < -0.39 is 10.0 Å². The molecule has 0 saturated carbocycles. The zero-order valence-corrected chi connectivity index (χ0v) is 14.7. The largest absolute Gasteiger partial charge is 0.321 e. The van der Waals surface area contributed by atoms with Crippen molar-refractivity contribution in [1.29, 1.82) is 0 Å². The maximum Gasteiger partial charge on any atom is 0.232 e. The Bertz CT molecular complexity index is 966. The van der Waals surface area contributed by atoms with Crippen LogP contribution in [0.15, 0.2) is 48.9 Å². The molecule has 0 bridgehead atoms. The van der Waals surface area contributed by atoms with Gasteiger partial charge in [0, 0.05) is 30.7 Å². The van der Waals surface area contributed by atoms with Crippen LogP contribution < -0.4 is 10.0 Å². The average Bonchev–Trinajstić information content (AvgIpc) is 3.00. The molecule has 9 heteroatoms. The van der Waals surface area contributed by atoms with Gasteiger partial charge in [-0.25, -0.2) is 18.4 Å². The van der Waals surface area contributed by atoms with Crippen LogP contribution in [0.3, 0.4) is 0 Å². The lowest BCUT2D eigenvalue weighted by molar-refractivity contribution is 0.602. The van der Waals surface area contributed by atoms with Gasteiger partial charge in [-0.3, -0.25) is 9.40 Å². The van der Waals surface area contributed by atoms with Gasteiger partial charge in [0.05, 0.1) is 23.3 Å². The molecule has 0 saturated heterocycles. The molecule has 8 nitrogen and oxygen atoms in total. The highest BCUT2D eigenvalue weighted by Gasteiger charge is 2.08. The molecule has 0 spiro atoms. The Hall–Kier alpha value is -2.94. The molecule has 0 radical (unpaired) electrons. The minimum Gasteiger partial charge on any atom is -0.321 e. The molecule has 1 aromatic carbocycles. The van der Waals surface area contributed by atoms with Gasteiger partial charge in [-0.05, 0) is 25.1 Å². The Balaban J connectivity index is 1.78. The van der Waals surface area contributed by atoms with Crippen molar-refractivity contribution < 1.29 is 8.42 Å². The molecule has 0 aliphatic rings. The number of aryl methyl sites for hydroxylation is 1. The molecule has 0 amide bonds. The van der Waals surface area contributed by atoms with Crippen LogP contribution in [-0.2, 0) is 17.1 Å². The van der Waals surface area contributed by atoms with Crippen LogP contribution in [-0.4, -0.2) is 33.9 Å². The lowest BCUT2D eigenvalue weighted by atomic mass is 10.1. The van der Waals surface area contributed by atoms with E-state index in [0.717, 1.165) is 16.9 Å². The minimum atomic E-state index is -3.28. The fourth-order valence-corrected chi connectivity index (χ4v) is 2.79. The van der Waals surface area contributed by atoms with Crippen molar-refractivity contribution in [3.63, 3.8) is 0 Å². The molecule has 2 aromatic heterocycles. The predicted octanol–water partition coefficient (Wildman–Crippen LogP) is 2.38. The van der Waals surface area contributed by atoms with E-state index in [2.05, 4.69) is 25.1 Å². The first-order chi connectivity index (χ1) is 11.9. The van der Waals surface area contributed by atoms with E-state index in [0.29, 0.717) is 11.6 Å². The van der Waals surface area contributed by atoms with Crippen molar-refractivity contribution in [1.82, 2.24) is 19.7 Å². The van der Waals surface area contributed by atoms with E-state index in [-0.39, 0.29) is 5.75 Å². The van der Waals surface area contributed by atoms with Crippen molar-refractivity contribution in [3.8, 4) is 11.3 Å². The summed E-state index contributed by atoms with van der Waals surface area (Å²) in [6.45, 7) is 1.59. The highest BCUT2D eigenvalue weighted by atomic mass is 32.2. The molecule has 0 unspecified atom stereocenters. The van der Waals surface area contributed by atoms with Gasteiger partial charge in [-0.1, -0.05) is 12.1 Å². The second-order valence-electron chi connectivity index (χ2n) is 5.38. The summed E-state index contributed by atoms with van der Waals surface area (Å²) in [6, 6.07) is 8.82. The Morgan fingerprint density at radius 3 is 2.52 bits per heavy atom. The lowest BCUT2D eigenvalue weighted by Crippen LogP contribution is -2.14. The fraction of sp³-hybridized carbons (Fsp3) is 0.188. The average molecular weight is 358 g/mol. The summed E-state index contributed by atoms with van der Waals surface area (Å²) >= 11 is 0. The number of sulfonamides is 1. The van der Waals surface area contributed by atoms with Crippen LogP contribution in [0.1, 0.15) is 6.92 Å². The summed E-state index contributed by atoms with van der Waals surface area (Å²) in [6.07, 6.45) is 5.17. The van der Waals surface area contributed by atoms with E-state index in [1.807, 2.05) is 25.4 Å². The highest BCUT2D eigenvalue weighted by molar-refractivity contribution is 7.92.